The Bertz CT molecular complexity index is 722. The molecule has 0 aromatic heterocycles. The van der Waals surface area contributed by atoms with Gasteiger partial charge in [-0.2, -0.15) is 8.78 Å². The number of amides is 2. The summed E-state index contributed by atoms with van der Waals surface area (Å²) in [7, 11) is 1.68. The Morgan fingerprint density at radius 1 is 1.16 bits per heavy atom. The molecule has 10 heteroatoms. The maximum atomic E-state index is 13.3. The van der Waals surface area contributed by atoms with Gasteiger partial charge in [0.2, 0.25) is 11.8 Å². The highest BCUT2D eigenvalue weighted by Gasteiger charge is 2.53. The molecule has 0 aromatic rings. The Morgan fingerprint density at radius 3 is 2.66 bits per heavy atom. The largest absolute Gasteiger partial charge is 0.345 e. The highest BCUT2D eigenvalue weighted by Crippen LogP contribution is 2.42. The number of fused-ring (bicyclic) bond motifs is 2. The predicted octanol–water partition coefficient (Wildman–Crippen LogP) is 0.831. The highest BCUT2D eigenvalue weighted by atomic mass is 19.3. The summed E-state index contributed by atoms with van der Waals surface area (Å²) < 4.78 is 29.6. The first-order valence-electron chi connectivity index (χ1n) is 12.1. The lowest BCUT2D eigenvalue weighted by Crippen LogP contribution is -2.56. The Hall–Kier alpha value is -1.36. The van der Waals surface area contributed by atoms with Gasteiger partial charge in [0.15, 0.2) is 0 Å². The number of piperidine rings is 1. The Morgan fingerprint density at radius 2 is 1.94 bits per heavy atom. The minimum Gasteiger partial charge on any atom is -0.341 e. The van der Waals surface area contributed by atoms with Crippen molar-refractivity contribution in [1.29, 1.82) is 0 Å². The average molecular weight is 456 g/mol. The lowest BCUT2D eigenvalue weighted by atomic mass is 9.84. The van der Waals surface area contributed by atoms with Gasteiger partial charge in [-0.05, 0) is 44.4 Å². The topological polar surface area (TPSA) is 85.9 Å². The molecule has 5 rings (SSSR count). The summed E-state index contributed by atoms with van der Waals surface area (Å²) in [4.78, 5) is 30.1. The second-order valence-corrected chi connectivity index (χ2v) is 10.4. The van der Waals surface area contributed by atoms with Gasteiger partial charge in [0.05, 0.1) is 18.2 Å². The highest BCUT2D eigenvalue weighted by molar-refractivity contribution is 5.85. The Kier molecular flexibility index (Phi) is 6.15. The molecule has 0 spiro atoms. The van der Waals surface area contributed by atoms with Crippen LogP contribution < -0.4 is 16.2 Å². The molecule has 3 aliphatic heterocycles. The summed E-state index contributed by atoms with van der Waals surface area (Å²) in [5.74, 6) is 0.601. The van der Waals surface area contributed by atoms with E-state index in [9.17, 15) is 18.4 Å². The van der Waals surface area contributed by atoms with Gasteiger partial charge in [0.25, 0.3) is 0 Å². The molecule has 180 valence electrons. The van der Waals surface area contributed by atoms with Gasteiger partial charge in [0, 0.05) is 38.1 Å². The molecule has 2 aliphatic carbocycles. The fourth-order valence-corrected chi connectivity index (χ4v) is 6.36. The molecule has 8 nitrogen and oxygen atoms in total. The van der Waals surface area contributed by atoms with Gasteiger partial charge in [0.1, 0.15) is 6.04 Å². The van der Waals surface area contributed by atoms with Crippen molar-refractivity contribution in [1.82, 2.24) is 26.0 Å². The van der Waals surface area contributed by atoms with E-state index in [1.54, 1.807) is 11.9 Å². The summed E-state index contributed by atoms with van der Waals surface area (Å²) >= 11 is 0. The molecule has 0 radical (unpaired) electrons. The van der Waals surface area contributed by atoms with Crippen LogP contribution in [0.1, 0.15) is 51.4 Å². The third-order valence-corrected chi connectivity index (χ3v) is 8.60. The SMILES string of the molecule is CN(C(=O)C1NNC2CCN(C(=O)C3CC4CCCCC4N3)CC21)C1(COC(F)F)CC1. The molecule has 2 saturated carbocycles. The molecular formula is C22H35F2N5O3. The summed E-state index contributed by atoms with van der Waals surface area (Å²) in [5, 5.41) is 3.58. The van der Waals surface area contributed by atoms with Crippen molar-refractivity contribution in [2.75, 3.05) is 26.7 Å². The van der Waals surface area contributed by atoms with Crippen LogP contribution in [0.4, 0.5) is 8.78 Å². The Balaban J connectivity index is 1.21. The monoisotopic (exact) mass is 455 g/mol. The lowest BCUT2D eigenvalue weighted by Gasteiger charge is -2.38. The van der Waals surface area contributed by atoms with Crippen LogP contribution in [-0.2, 0) is 14.3 Å². The van der Waals surface area contributed by atoms with Gasteiger partial charge >= 0.3 is 6.61 Å². The van der Waals surface area contributed by atoms with Crippen molar-refractivity contribution in [3.8, 4) is 0 Å². The van der Waals surface area contributed by atoms with Crippen LogP contribution in [0.5, 0.6) is 0 Å². The van der Waals surface area contributed by atoms with Crippen molar-refractivity contribution < 1.29 is 23.1 Å². The first-order chi connectivity index (χ1) is 15.4. The second kappa shape index (κ2) is 8.77. The third kappa shape index (κ3) is 4.15. The van der Waals surface area contributed by atoms with Crippen LogP contribution in [0.25, 0.3) is 0 Å². The molecule has 3 saturated heterocycles. The van der Waals surface area contributed by atoms with Crippen LogP contribution in [0.15, 0.2) is 0 Å². The molecule has 5 aliphatic rings. The lowest BCUT2D eigenvalue weighted by molar-refractivity contribution is -0.155. The van der Waals surface area contributed by atoms with E-state index in [0.29, 0.717) is 37.9 Å². The van der Waals surface area contributed by atoms with Gasteiger partial charge < -0.3 is 19.9 Å². The van der Waals surface area contributed by atoms with E-state index in [1.165, 1.54) is 19.3 Å². The summed E-state index contributed by atoms with van der Waals surface area (Å²) in [6.07, 6.45) is 7.90. The van der Waals surface area contributed by atoms with Crippen LogP contribution in [0.2, 0.25) is 0 Å². The van der Waals surface area contributed by atoms with E-state index in [0.717, 1.165) is 19.3 Å². The zero-order chi connectivity index (χ0) is 22.5. The summed E-state index contributed by atoms with van der Waals surface area (Å²) in [6.45, 7) is -1.77. The van der Waals surface area contributed by atoms with Gasteiger partial charge in [-0.3, -0.25) is 15.0 Å². The molecule has 3 heterocycles. The minimum atomic E-state index is -2.84. The number of hydrogen-bond donors (Lipinski definition) is 3. The molecule has 0 aromatic carbocycles. The van der Waals surface area contributed by atoms with Crippen LogP contribution in [0.3, 0.4) is 0 Å². The van der Waals surface area contributed by atoms with E-state index in [4.69, 9.17) is 0 Å². The van der Waals surface area contributed by atoms with E-state index < -0.39 is 18.2 Å². The number of ether oxygens (including phenoxy) is 1. The van der Waals surface area contributed by atoms with Gasteiger partial charge in [-0.15, -0.1) is 0 Å². The Labute approximate surface area is 187 Å². The number of hydrogen-bond acceptors (Lipinski definition) is 6. The molecule has 6 atom stereocenters. The zero-order valence-corrected chi connectivity index (χ0v) is 18.7. The summed E-state index contributed by atoms with van der Waals surface area (Å²) in [6, 6.07) is -0.00466. The van der Waals surface area contributed by atoms with Crippen LogP contribution >= 0.6 is 0 Å². The number of nitrogens with one attached hydrogen (secondary N) is 3. The third-order valence-electron chi connectivity index (χ3n) is 8.60. The number of likely N-dealkylation sites (tertiary alicyclic amines) is 1. The fourth-order valence-electron chi connectivity index (χ4n) is 6.36. The molecule has 2 amide bonds. The number of halogens is 2. The van der Waals surface area contributed by atoms with Crippen LogP contribution in [0, 0.1) is 11.8 Å². The number of nitrogens with zero attached hydrogens (tertiary/aromatic N) is 2. The molecule has 3 N–H and O–H groups in total. The number of rotatable bonds is 6. The second-order valence-electron chi connectivity index (χ2n) is 10.4. The van der Waals surface area contributed by atoms with E-state index in [1.807, 2.05) is 4.90 Å². The number of alkyl halides is 2. The molecular weight excluding hydrogens is 420 g/mol. The van der Waals surface area contributed by atoms with E-state index >= 15 is 0 Å². The zero-order valence-electron chi connectivity index (χ0n) is 18.7. The molecule has 5 fully saturated rings. The molecule has 6 unspecified atom stereocenters. The fraction of sp³-hybridized carbons (Fsp3) is 0.909. The maximum absolute atomic E-state index is 13.3. The first kappa shape index (κ1) is 22.4. The van der Waals surface area contributed by atoms with Crippen LogP contribution in [-0.4, -0.2) is 84.7 Å². The molecule has 0 bridgehead atoms. The van der Waals surface area contributed by atoms with Crippen molar-refractivity contribution in [3.63, 3.8) is 0 Å². The van der Waals surface area contributed by atoms with Crippen molar-refractivity contribution >= 4 is 11.8 Å². The summed E-state index contributed by atoms with van der Waals surface area (Å²) in [5.41, 5.74) is 5.73. The van der Waals surface area contributed by atoms with Crippen molar-refractivity contribution in [2.24, 2.45) is 11.8 Å². The first-order valence-corrected chi connectivity index (χ1v) is 12.1. The minimum absolute atomic E-state index is 0.0434. The maximum Gasteiger partial charge on any atom is 0.345 e. The number of carbonyl (C=O) groups is 2. The van der Waals surface area contributed by atoms with Gasteiger partial charge in [-0.1, -0.05) is 12.8 Å². The predicted molar refractivity (Wildman–Crippen MR) is 113 cm³/mol. The van der Waals surface area contributed by atoms with E-state index in [-0.39, 0.29) is 36.4 Å². The standard InChI is InChI=1S/C22H35F2N5O3/c1-28(22(7-8-22)12-32-21(23)24)20(31)18-14-11-29(9-6-16(14)26-27-18)19(30)17-10-13-4-2-3-5-15(13)25-17/h13-18,21,25-27H,2-12H2,1H3. The number of hydrazine groups is 1. The van der Waals surface area contributed by atoms with Crippen molar-refractivity contribution in [2.45, 2.75) is 87.7 Å². The van der Waals surface area contributed by atoms with Crippen molar-refractivity contribution in [3.05, 3.63) is 0 Å². The van der Waals surface area contributed by atoms with E-state index in [2.05, 4.69) is 20.9 Å². The van der Waals surface area contributed by atoms with Gasteiger partial charge in [-0.25, -0.2) is 5.43 Å². The smallest absolute Gasteiger partial charge is 0.341 e. The average Bonchev–Trinajstić information content (AvgIpc) is 3.27. The normalized spacial score (nSPS) is 37.8. The quantitative estimate of drug-likeness (QED) is 0.550. The molecule has 32 heavy (non-hydrogen) atoms. The number of carbonyl (C=O) groups excluding carboxylic acids is 2. The number of likely N-dealkylation sites (N-methyl/N-ethyl adjacent to an activating group) is 1.